The Hall–Kier alpha value is -3.60. The van der Waals surface area contributed by atoms with E-state index in [1.807, 2.05) is 36.4 Å². The van der Waals surface area contributed by atoms with Crippen molar-refractivity contribution in [3.63, 3.8) is 0 Å². The van der Waals surface area contributed by atoms with Crippen LogP contribution in [0.3, 0.4) is 0 Å². The highest BCUT2D eigenvalue weighted by molar-refractivity contribution is 6.06. The molecule has 0 saturated carbocycles. The summed E-state index contributed by atoms with van der Waals surface area (Å²) in [5.41, 5.74) is 3.96. The molecule has 180 valence electrons. The maximum Gasteiger partial charge on any atom is 0.416 e. The van der Waals surface area contributed by atoms with Gasteiger partial charge in [-0.2, -0.15) is 13.2 Å². The van der Waals surface area contributed by atoms with Crippen LogP contribution in [0.25, 0.3) is 33.0 Å². The standard InChI is InChI=1S/C30H27F3O2/c1-5-35-28(34)27-17-21-7-6-8-24(19-11-15-23(16-12-19)30(31,32)33)26(21)18-25(27)20-9-13-22(14-10-20)29(2,3)4/h6-18H,5H2,1-4H3. The second-order valence-electron chi connectivity index (χ2n) is 9.55. The number of alkyl halides is 3. The van der Waals surface area contributed by atoms with Crippen LogP contribution < -0.4 is 0 Å². The lowest BCUT2D eigenvalue weighted by molar-refractivity contribution is -0.137. The van der Waals surface area contributed by atoms with E-state index in [1.165, 1.54) is 17.7 Å². The molecular formula is C30H27F3O2. The van der Waals surface area contributed by atoms with E-state index in [0.29, 0.717) is 11.1 Å². The average molecular weight is 477 g/mol. The molecule has 0 N–H and O–H groups in total. The molecule has 0 fully saturated rings. The van der Waals surface area contributed by atoms with E-state index in [4.69, 9.17) is 4.74 Å². The van der Waals surface area contributed by atoms with Gasteiger partial charge in [-0.25, -0.2) is 4.79 Å². The molecule has 0 atom stereocenters. The highest BCUT2D eigenvalue weighted by Crippen LogP contribution is 2.37. The van der Waals surface area contributed by atoms with Gasteiger partial charge in [-0.1, -0.05) is 75.4 Å². The molecule has 0 amide bonds. The fourth-order valence-electron chi connectivity index (χ4n) is 4.18. The first-order valence-electron chi connectivity index (χ1n) is 11.5. The maximum atomic E-state index is 13.1. The predicted molar refractivity (Wildman–Crippen MR) is 134 cm³/mol. The van der Waals surface area contributed by atoms with E-state index in [0.717, 1.165) is 39.6 Å². The van der Waals surface area contributed by atoms with Gasteiger partial charge < -0.3 is 4.74 Å². The minimum Gasteiger partial charge on any atom is -0.462 e. The largest absolute Gasteiger partial charge is 0.462 e. The highest BCUT2D eigenvalue weighted by Gasteiger charge is 2.30. The van der Waals surface area contributed by atoms with Gasteiger partial charge in [0.15, 0.2) is 0 Å². The van der Waals surface area contributed by atoms with Gasteiger partial charge in [-0.15, -0.1) is 0 Å². The van der Waals surface area contributed by atoms with E-state index in [9.17, 15) is 18.0 Å². The number of carbonyl (C=O) groups is 1. The summed E-state index contributed by atoms with van der Waals surface area (Å²) in [6, 6.07) is 22.6. The molecule has 2 nitrogen and oxygen atoms in total. The molecule has 0 aliphatic rings. The monoisotopic (exact) mass is 476 g/mol. The number of benzene rings is 4. The Morgan fingerprint density at radius 1 is 0.771 bits per heavy atom. The van der Waals surface area contributed by atoms with Gasteiger partial charge in [0.25, 0.3) is 0 Å². The van der Waals surface area contributed by atoms with Crippen molar-refractivity contribution in [2.75, 3.05) is 6.61 Å². The third-order valence-corrected chi connectivity index (χ3v) is 6.10. The molecule has 5 heteroatoms. The Morgan fingerprint density at radius 3 is 1.89 bits per heavy atom. The topological polar surface area (TPSA) is 26.3 Å². The van der Waals surface area contributed by atoms with E-state index in [2.05, 4.69) is 32.9 Å². The minimum absolute atomic E-state index is 0.0123. The van der Waals surface area contributed by atoms with Crippen molar-refractivity contribution < 1.29 is 22.7 Å². The summed E-state index contributed by atoms with van der Waals surface area (Å²) in [6.07, 6.45) is -4.39. The third-order valence-electron chi connectivity index (χ3n) is 6.10. The molecule has 4 aromatic rings. The quantitative estimate of drug-likeness (QED) is 0.276. The normalized spacial score (nSPS) is 12.1. The molecular weight excluding hydrogens is 449 g/mol. The van der Waals surface area contributed by atoms with Crippen LogP contribution in [0, 0.1) is 0 Å². The van der Waals surface area contributed by atoms with Gasteiger partial charge in [0.1, 0.15) is 0 Å². The second kappa shape index (κ2) is 9.21. The zero-order valence-corrected chi connectivity index (χ0v) is 20.2. The first kappa shape index (κ1) is 24.5. The van der Waals surface area contributed by atoms with Gasteiger partial charge in [0, 0.05) is 0 Å². The number of fused-ring (bicyclic) bond motifs is 1. The summed E-state index contributed by atoms with van der Waals surface area (Å²) in [5.74, 6) is -0.413. The zero-order valence-electron chi connectivity index (χ0n) is 20.2. The van der Waals surface area contributed by atoms with Crippen LogP contribution in [0.15, 0.2) is 78.9 Å². The van der Waals surface area contributed by atoms with Crippen LogP contribution in [-0.4, -0.2) is 12.6 Å². The van der Waals surface area contributed by atoms with E-state index in [-0.39, 0.29) is 12.0 Å². The Labute approximate surface area is 203 Å². The number of hydrogen-bond donors (Lipinski definition) is 0. The van der Waals surface area contributed by atoms with Crippen LogP contribution in [0.5, 0.6) is 0 Å². The fourth-order valence-corrected chi connectivity index (χ4v) is 4.18. The molecule has 4 rings (SSSR count). The van der Waals surface area contributed by atoms with Crippen LogP contribution in [0.1, 0.15) is 49.2 Å². The molecule has 0 aromatic heterocycles. The van der Waals surface area contributed by atoms with Crippen LogP contribution in [0.2, 0.25) is 0 Å². The van der Waals surface area contributed by atoms with Crippen LogP contribution >= 0.6 is 0 Å². The molecule has 0 radical (unpaired) electrons. The summed E-state index contributed by atoms with van der Waals surface area (Å²) in [4.78, 5) is 12.9. The molecule has 0 unspecified atom stereocenters. The summed E-state index contributed by atoms with van der Waals surface area (Å²) in [6.45, 7) is 8.43. The Kier molecular flexibility index (Phi) is 6.46. The lowest BCUT2D eigenvalue weighted by Crippen LogP contribution is -2.10. The molecule has 0 aliphatic carbocycles. The van der Waals surface area contributed by atoms with E-state index in [1.54, 1.807) is 13.0 Å². The number of carbonyl (C=O) groups excluding carboxylic acids is 1. The van der Waals surface area contributed by atoms with Gasteiger partial charge >= 0.3 is 12.1 Å². The zero-order chi connectivity index (χ0) is 25.4. The van der Waals surface area contributed by atoms with Crippen molar-refractivity contribution >= 4 is 16.7 Å². The van der Waals surface area contributed by atoms with Crippen molar-refractivity contribution in [2.45, 2.75) is 39.3 Å². The summed E-state index contributed by atoms with van der Waals surface area (Å²) >= 11 is 0. The van der Waals surface area contributed by atoms with Crippen LogP contribution in [0.4, 0.5) is 13.2 Å². The Morgan fingerprint density at radius 2 is 1.34 bits per heavy atom. The number of halogens is 3. The fraction of sp³-hybridized carbons (Fsp3) is 0.233. The molecule has 35 heavy (non-hydrogen) atoms. The predicted octanol–water partition coefficient (Wildman–Crippen LogP) is 8.67. The van der Waals surface area contributed by atoms with Gasteiger partial charge in [0.2, 0.25) is 0 Å². The van der Waals surface area contributed by atoms with E-state index >= 15 is 0 Å². The number of ether oxygens (including phenoxy) is 1. The smallest absolute Gasteiger partial charge is 0.416 e. The molecule has 0 saturated heterocycles. The first-order valence-corrected chi connectivity index (χ1v) is 11.5. The molecule has 0 heterocycles. The highest BCUT2D eigenvalue weighted by atomic mass is 19.4. The Bertz CT molecular complexity index is 1360. The van der Waals surface area contributed by atoms with Crippen LogP contribution in [-0.2, 0) is 16.3 Å². The van der Waals surface area contributed by atoms with Crippen molar-refractivity contribution in [3.05, 3.63) is 95.6 Å². The lowest BCUT2D eigenvalue weighted by Gasteiger charge is -2.20. The maximum absolute atomic E-state index is 13.1. The number of esters is 1. The SMILES string of the molecule is CCOC(=O)c1cc2cccc(-c3ccc(C(F)(F)F)cc3)c2cc1-c1ccc(C(C)(C)C)cc1. The van der Waals surface area contributed by atoms with Crippen molar-refractivity contribution in [1.82, 2.24) is 0 Å². The molecule has 0 spiro atoms. The van der Waals surface area contributed by atoms with Crippen molar-refractivity contribution in [1.29, 1.82) is 0 Å². The first-order chi connectivity index (χ1) is 16.5. The summed E-state index contributed by atoms with van der Waals surface area (Å²) < 4.78 is 44.5. The molecule has 0 aliphatic heterocycles. The number of hydrogen-bond acceptors (Lipinski definition) is 2. The third kappa shape index (κ3) is 5.09. The van der Waals surface area contributed by atoms with Crippen molar-refractivity contribution in [2.24, 2.45) is 0 Å². The summed E-state index contributed by atoms with van der Waals surface area (Å²) in [7, 11) is 0. The molecule has 4 aromatic carbocycles. The second-order valence-corrected chi connectivity index (χ2v) is 9.55. The van der Waals surface area contributed by atoms with E-state index < -0.39 is 17.7 Å². The lowest BCUT2D eigenvalue weighted by atomic mass is 9.85. The molecule has 0 bridgehead atoms. The number of rotatable bonds is 4. The summed E-state index contributed by atoms with van der Waals surface area (Å²) in [5, 5.41) is 1.65. The van der Waals surface area contributed by atoms with Gasteiger partial charge in [-0.05, 0) is 75.2 Å². The van der Waals surface area contributed by atoms with Crippen molar-refractivity contribution in [3.8, 4) is 22.3 Å². The minimum atomic E-state index is -4.39. The van der Waals surface area contributed by atoms with Gasteiger partial charge in [-0.3, -0.25) is 0 Å². The Balaban J connectivity index is 1.91. The van der Waals surface area contributed by atoms with Gasteiger partial charge in [0.05, 0.1) is 17.7 Å². The average Bonchev–Trinajstić information content (AvgIpc) is 2.82.